The van der Waals surface area contributed by atoms with E-state index in [4.69, 9.17) is 5.73 Å². The topological polar surface area (TPSA) is 26.0 Å². The van der Waals surface area contributed by atoms with E-state index in [2.05, 4.69) is 0 Å². The van der Waals surface area contributed by atoms with Gasteiger partial charge in [-0.15, -0.1) is 11.8 Å². The molecule has 0 aromatic heterocycles. The highest BCUT2D eigenvalue weighted by Gasteiger charge is 2.42. The summed E-state index contributed by atoms with van der Waals surface area (Å²) in [6, 6.07) is -0.823. The number of hydrogen-bond acceptors (Lipinski definition) is 2. The molecule has 2 atom stereocenters. The maximum atomic E-state index is 12.5. The fourth-order valence-corrected chi connectivity index (χ4v) is 3.27. The zero-order valence-corrected chi connectivity index (χ0v) is 9.70. The summed E-state index contributed by atoms with van der Waals surface area (Å²) < 4.78 is 37.6. The Balaban J connectivity index is 2.37. The van der Waals surface area contributed by atoms with E-state index >= 15 is 0 Å². The van der Waals surface area contributed by atoms with E-state index < -0.39 is 17.5 Å². The van der Waals surface area contributed by atoms with Crippen LogP contribution in [0.2, 0.25) is 0 Å². The molecule has 1 aliphatic rings. The number of thioether (sulfide) groups is 1. The molecule has 0 aromatic rings. The van der Waals surface area contributed by atoms with Crippen LogP contribution in [-0.2, 0) is 0 Å². The molecule has 1 fully saturated rings. The molecule has 0 saturated heterocycles. The van der Waals surface area contributed by atoms with Crippen molar-refractivity contribution < 1.29 is 13.2 Å². The van der Waals surface area contributed by atoms with Gasteiger partial charge in [-0.05, 0) is 31.4 Å². The molecule has 2 N–H and O–H groups in total. The highest BCUT2D eigenvalue weighted by atomic mass is 32.2. The minimum Gasteiger partial charge on any atom is -0.327 e. The van der Waals surface area contributed by atoms with Crippen molar-refractivity contribution in [3.8, 4) is 0 Å². The molecule has 0 heterocycles. The van der Waals surface area contributed by atoms with Gasteiger partial charge in [-0.25, -0.2) is 0 Å². The minimum absolute atomic E-state index is 0.471. The van der Waals surface area contributed by atoms with Gasteiger partial charge in [-0.2, -0.15) is 13.2 Å². The highest BCUT2D eigenvalue weighted by molar-refractivity contribution is 8.00. The van der Waals surface area contributed by atoms with Gasteiger partial charge in [-0.3, -0.25) is 0 Å². The third kappa shape index (κ3) is 4.23. The fraction of sp³-hybridized carbons (Fsp3) is 1.00. The zero-order valence-electron chi connectivity index (χ0n) is 8.89. The second-order valence-electron chi connectivity index (χ2n) is 4.31. The summed E-state index contributed by atoms with van der Waals surface area (Å²) >= 11 is 0.984. The third-order valence-electron chi connectivity index (χ3n) is 2.79. The lowest BCUT2D eigenvalue weighted by molar-refractivity contribution is -0.131. The number of hydrogen-bond donors (Lipinski definition) is 1. The Bertz CT molecular complexity index is 188. The standard InChI is InChI=1S/C10H18F3NS/c1-7(14)9(10(11,12)13)15-6-8-4-2-3-5-8/h7-9H,2-6,14H2,1H3. The van der Waals surface area contributed by atoms with Crippen molar-refractivity contribution in [1.29, 1.82) is 0 Å². The summed E-state index contributed by atoms with van der Waals surface area (Å²) in [5, 5.41) is -1.40. The van der Waals surface area contributed by atoms with Crippen LogP contribution in [0.5, 0.6) is 0 Å². The molecule has 5 heteroatoms. The van der Waals surface area contributed by atoms with Crippen molar-refractivity contribution in [2.24, 2.45) is 11.7 Å². The van der Waals surface area contributed by atoms with Gasteiger partial charge < -0.3 is 5.73 Å². The molecule has 0 amide bonds. The minimum atomic E-state index is -4.17. The second-order valence-corrected chi connectivity index (χ2v) is 5.48. The van der Waals surface area contributed by atoms with Crippen LogP contribution in [-0.4, -0.2) is 23.2 Å². The Labute approximate surface area is 93.0 Å². The van der Waals surface area contributed by atoms with Gasteiger partial charge in [-0.1, -0.05) is 12.8 Å². The van der Waals surface area contributed by atoms with E-state index in [1.807, 2.05) is 0 Å². The van der Waals surface area contributed by atoms with Crippen molar-refractivity contribution in [3.63, 3.8) is 0 Å². The van der Waals surface area contributed by atoms with Crippen LogP contribution in [0.3, 0.4) is 0 Å². The summed E-state index contributed by atoms with van der Waals surface area (Å²) in [7, 11) is 0. The maximum Gasteiger partial charge on any atom is 0.402 e. The second kappa shape index (κ2) is 5.43. The Morgan fingerprint density at radius 2 is 1.87 bits per heavy atom. The summed E-state index contributed by atoms with van der Waals surface area (Å²) in [6.07, 6.45) is 0.324. The lowest BCUT2D eigenvalue weighted by atomic mass is 10.1. The monoisotopic (exact) mass is 241 g/mol. The predicted octanol–water partition coefficient (Wildman–Crippen LogP) is 3.19. The van der Waals surface area contributed by atoms with Crippen molar-refractivity contribution in [1.82, 2.24) is 0 Å². The number of rotatable bonds is 4. The van der Waals surface area contributed by atoms with Gasteiger partial charge in [0.2, 0.25) is 0 Å². The molecule has 15 heavy (non-hydrogen) atoms. The summed E-state index contributed by atoms with van der Waals surface area (Å²) in [6.45, 7) is 1.43. The average molecular weight is 241 g/mol. The number of nitrogens with two attached hydrogens (primary N) is 1. The van der Waals surface area contributed by atoms with E-state index in [0.29, 0.717) is 11.7 Å². The largest absolute Gasteiger partial charge is 0.402 e. The normalized spacial score (nSPS) is 23.0. The summed E-state index contributed by atoms with van der Waals surface area (Å²) in [5.41, 5.74) is 5.37. The van der Waals surface area contributed by atoms with Gasteiger partial charge in [0.15, 0.2) is 0 Å². The van der Waals surface area contributed by atoms with E-state index in [-0.39, 0.29) is 0 Å². The first-order valence-electron chi connectivity index (χ1n) is 5.35. The van der Waals surface area contributed by atoms with Gasteiger partial charge in [0.05, 0.1) is 0 Å². The van der Waals surface area contributed by atoms with Crippen LogP contribution >= 0.6 is 11.8 Å². The molecule has 2 unspecified atom stereocenters. The lowest BCUT2D eigenvalue weighted by Gasteiger charge is -2.24. The predicted molar refractivity (Wildman–Crippen MR) is 57.9 cm³/mol. The van der Waals surface area contributed by atoms with Crippen molar-refractivity contribution in [3.05, 3.63) is 0 Å². The van der Waals surface area contributed by atoms with E-state index in [1.165, 1.54) is 19.8 Å². The Morgan fingerprint density at radius 1 is 1.33 bits per heavy atom. The number of halogens is 3. The zero-order chi connectivity index (χ0) is 11.5. The summed E-state index contributed by atoms with van der Waals surface area (Å²) in [4.78, 5) is 0. The van der Waals surface area contributed by atoms with E-state index in [9.17, 15) is 13.2 Å². The molecule has 0 aliphatic heterocycles. The lowest BCUT2D eigenvalue weighted by Crippen LogP contribution is -2.41. The van der Waals surface area contributed by atoms with Gasteiger partial charge in [0.25, 0.3) is 0 Å². The Hall–Kier alpha value is 0.100. The SMILES string of the molecule is CC(N)C(SCC1CCCC1)C(F)(F)F. The van der Waals surface area contributed by atoms with E-state index in [1.54, 1.807) is 0 Å². The van der Waals surface area contributed by atoms with Crippen molar-refractivity contribution in [2.45, 2.75) is 50.1 Å². The molecular formula is C10H18F3NS. The van der Waals surface area contributed by atoms with Crippen LogP contribution in [0.4, 0.5) is 13.2 Å². The Kier molecular flexibility index (Phi) is 4.77. The number of alkyl halides is 3. The summed E-state index contributed by atoms with van der Waals surface area (Å²) in [5.74, 6) is 1.07. The molecule has 1 rings (SSSR count). The maximum absolute atomic E-state index is 12.5. The van der Waals surface area contributed by atoms with Crippen LogP contribution in [0, 0.1) is 5.92 Å². The molecule has 1 aliphatic carbocycles. The van der Waals surface area contributed by atoms with Crippen molar-refractivity contribution in [2.75, 3.05) is 5.75 Å². The van der Waals surface area contributed by atoms with Crippen LogP contribution in [0.15, 0.2) is 0 Å². The van der Waals surface area contributed by atoms with Crippen LogP contribution < -0.4 is 5.73 Å². The molecule has 1 nitrogen and oxygen atoms in total. The van der Waals surface area contributed by atoms with Crippen molar-refractivity contribution >= 4 is 11.8 Å². The molecule has 90 valence electrons. The molecule has 1 saturated carbocycles. The molecule has 0 spiro atoms. The smallest absolute Gasteiger partial charge is 0.327 e. The molecule has 0 aromatic carbocycles. The first kappa shape index (κ1) is 13.2. The first-order chi connectivity index (χ1) is 6.91. The van der Waals surface area contributed by atoms with Gasteiger partial charge in [0, 0.05) is 6.04 Å². The van der Waals surface area contributed by atoms with E-state index in [0.717, 1.165) is 24.6 Å². The highest BCUT2D eigenvalue weighted by Crippen LogP contribution is 2.36. The molecule has 0 radical (unpaired) electrons. The van der Waals surface area contributed by atoms with Crippen LogP contribution in [0.25, 0.3) is 0 Å². The quantitative estimate of drug-likeness (QED) is 0.818. The fourth-order valence-electron chi connectivity index (χ4n) is 1.96. The third-order valence-corrected chi connectivity index (χ3v) is 4.51. The molecular weight excluding hydrogens is 223 g/mol. The Morgan fingerprint density at radius 3 is 2.27 bits per heavy atom. The first-order valence-corrected chi connectivity index (χ1v) is 6.40. The average Bonchev–Trinajstić information content (AvgIpc) is 2.53. The molecule has 0 bridgehead atoms. The van der Waals surface area contributed by atoms with Crippen LogP contribution in [0.1, 0.15) is 32.6 Å². The van der Waals surface area contributed by atoms with Gasteiger partial charge >= 0.3 is 6.18 Å². The van der Waals surface area contributed by atoms with Gasteiger partial charge in [0.1, 0.15) is 5.25 Å².